The van der Waals surface area contributed by atoms with Crippen LogP contribution >= 0.6 is 11.8 Å². The lowest BCUT2D eigenvalue weighted by atomic mass is 9.68. The molecule has 1 heterocycles. The molecule has 1 aromatic rings. The summed E-state index contributed by atoms with van der Waals surface area (Å²) in [7, 11) is 0. The summed E-state index contributed by atoms with van der Waals surface area (Å²) in [6.45, 7) is 17.0. The smallest absolute Gasteiger partial charge is 0.245 e. The Hall–Kier alpha value is -1.58. The molecule has 0 N–H and O–H groups in total. The molecule has 1 unspecified atom stereocenters. The quantitative estimate of drug-likeness (QED) is 0.458. The Bertz CT molecular complexity index is 809. The highest BCUT2D eigenvalue weighted by Crippen LogP contribution is 2.47. The Labute approximate surface area is 204 Å². The molecule has 1 aromatic carbocycles. The number of carbonyl (C=O) groups excluding carboxylic acids is 1. The minimum atomic E-state index is -1.15. The van der Waals surface area contributed by atoms with Crippen molar-refractivity contribution in [2.45, 2.75) is 103 Å². The van der Waals surface area contributed by atoms with E-state index in [4.69, 9.17) is 0 Å². The van der Waals surface area contributed by atoms with Gasteiger partial charge in [-0.15, -0.1) is 0 Å². The van der Waals surface area contributed by atoms with Crippen LogP contribution in [0.3, 0.4) is 0 Å². The van der Waals surface area contributed by atoms with E-state index in [0.29, 0.717) is 0 Å². The topological polar surface area (TPSA) is 47.3 Å². The molecule has 1 fully saturated rings. The van der Waals surface area contributed by atoms with E-state index in [1.807, 2.05) is 6.07 Å². The summed E-state index contributed by atoms with van der Waals surface area (Å²) < 4.78 is 14.4. The summed E-state index contributed by atoms with van der Waals surface area (Å²) in [5, 5.41) is 9.65. The van der Waals surface area contributed by atoms with Gasteiger partial charge in [-0.3, -0.25) is 9.69 Å². The largest absolute Gasteiger partial charge is 0.322 e. The second-order valence-corrected chi connectivity index (χ2v) is 12.2. The zero-order valence-corrected chi connectivity index (χ0v) is 22.5. The lowest BCUT2D eigenvalue weighted by Crippen LogP contribution is -2.73. The van der Waals surface area contributed by atoms with Gasteiger partial charge in [0.25, 0.3) is 0 Å². The van der Waals surface area contributed by atoms with Gasteiger partial charge in [0.1, 0.15) is 17.8 Å². The molecule has 6 heteroatoms. The Morgan fingerprint density at radius 1 is 1.18 bits per heavy atom. The number of alkyl halides is 1. The minimum Gasteiger partial charge on any atom is -0.322 e. The molecule has 0 radical (unpaired) electrons. The number of amides is 1. The van der Waals surface area contributed by atoms with Crippen molar-refractivity contribution in [1.29, 1.82) is 5.26 Å². The predicted octanol–water partition coefficient (Wildman–Crippen LogP) is 5.72. The SMILES string of the molecule is CC(C)N(C(C)C)[C@](C(=O)N1C[C@@H](F)C[C@H]1C#N)(C(C)SCCc1ccccc1)C(C)(C)C. The van der Waals surface area contributed by atoms with Crippen molar-refractivity contribution in [2.24, 2.45) is 5.41 Å². The average Bonchev–Trinajstić information content (AvgIpc) is 3.11. The number of halogens is 1. The van der Waals surface area contributed by atoms with Gasteiger partial charge < -0.3 is 4.90 Å². The highest BCUT2D eigenvalue weighted by Gasteiger charge is 2.60. The third kappa shape index (κ3) is 5.74. The van der Waals surface area contributed by atoms with Gasteiger partial charge in [0.05, 0.1) is 12.6 Å². The zero-order chi connectivity index (χ0) is 25.0. The monoisotopic (exact) mass is 475 g/mol. The summed E-state index contributed by atoms with van der Waals surface area (Å²) >= 11 is 1.80. The molecular formula is C27H42FN3OS. The second-order valence-electron chi connectivity index (χ2n) is 10.8. The maximum absolute atomic E-state index is 14.5. The van der Waals surface area contributed by atoms with E-state index in [-0.39, 0.29) is 36.2 Å². The second kappa shape index (κ2) is 11.2. The Kier molecular flexibility index (Phi) is 9.41. The molecule has 1 amide bonds. The summed E-state index contributed by atoms with van der Waals surface area (Å²) in [6.07, 6.45) is -0.129. The van der Waals surface area contributed by atoms with Crippen LogP contribution in [0.2, 0.25) is 0 Å². The standard InChI is InChI=1S/C27H42FN3OS/c1-19(2)31(20(3)4)27(26(6,7)8,25(32)30-18-23(28)16-24(30)17-29)21(5)33-15-14-22-12-10-9-11-13-22/h9-13,19-21,23-24H,14-16,18H2,1-8H3/t21?,23-,24-,27-/m0/s1. The first kappa shape index (κ1) is 27.7. The fourth-order valence-corrected chi connectivity index (χ4v) is 7.22. The van der Waals surface area contributed by atoms with Crippen LogP contribution in [0.5, 0.6) is 0 Å². The Morgan fingerprint density at radius 3 is 2.24 bits per heavy atom. The van der Waals surface area contributed by atoms with Gasteiger partial charge in [-0.1, -0.05) is 58.0 Å². The highest BCUT2D eigenvalue weighted by atomic mass is 32.2. The number of hydrogen-bond acceptors (Lipinski definition) is 4. The fourth-order valence-electron chi connectivity index (χ4n) is 5.69. The molecule has 0 spiro atoms. The van der Waals surface area contributed by atoms with Crippen LogP contribution in [-0.4, -0.2) is 63.1 Å². The molecule has 0 bridgehead atoms. The Balaban J connectivity index is 2.52. The van der Waals surface area contributed by atoms with E-state index < -0.39 is 23.2 Å². The molecule has 184 valence electrons. The molecule has 1 aliphatic rings. The van der Waals surface area contributed by atoms with Crippen LogP contribution in [0, 0.1) is 16.7 Å². The van der Waals surface area contributed by atoms with Crippen LogP contribution in [0.25, 0.3) is 0 Å². The van der Waals surface area contributed by atoms with Crippen LogP contribution < -0.4 is 0 Å². The molecule has 33 heavy (non-hydrogen) atoms. The number of hydrogen-bond donors (Lipinski definition) is 0. The summed E-state index contributed by atoms with van der Waals surface area (Å²) in [4.78, 5) is 18.4. The number of benzene rings is 1. The predicted molar refractivity (Wildman–Crippen MR) is 137 cm³/mol. The zero-order valence-electron chi connectivity index (χ0n) is 21.6. The molecule has 4 nitrogen and oxygen atoms in total. The van der Waals surface area contributed by atoms with Gasteiger partial charge in [-0.2, -0.15) is 17.0 Å². The highest BCUT2D eigenvalue weighted by molar-refractivity contribution is 8.00. The molecule has 4 atom stereocenters. The lowest BCUT2D eigenvalue weighted by molar-refractivity contribution is -0.159. The number of rotatable bonds is 9. The first-order valence-corrected chi connectivity index (χ1v) is 13.2. The van der Waals surface area contributed by atoms with E-state index in [1.54, 1.807) is 11.8 Å². The average molecular weight is 476 g/mol. The minimum absolute atomic E-state index is 0.000320. The maximum atomic E-state index is 14.5. The molecular weight excluding hydrogens is 433 g/mol. The van der Waals surface area contributed by atoms with Gasteiger partial charge in [-0.05, 0) is 50.8 Å². The van der Waals surface area contributed by atoms with E-state index in [2.05, 4.69) is 90.6 Å². The Morgan fingerprint density at radius 2 is 1.76 bits per heavy atom. The lowest BCUT2D eigenvalue weighted by Gasteiger charge is -2.58. The van der Waals surface area contributed by atoms with Crippen molar-refractivity contribution < 1.29 is 9.18 Å². The van der Waals surface area contributed by atoms with Gasteiger partial charge in [0.15, 0.2) is 0 Å². The fraction of sp³-hybridized carbons (Fsp3) is 0.704. The van der Waals surface area contributed by atoms with Crippen molar-refractivity contribution >= 4 is 17.7 Å². The van der Waals surface area contributed by atoms with Crippen molar-refractivity contribution in [3.63, 3.8) is 0 Å². The van der Waals surface area contributed by atoms with Gasteiger partial charge in [0, 0.05) is 23.8 Å². The number of thioether (sulfide) groups is 1. The van der Waals surface area contributed by atoms with Crippen molar-refractivity contribution in [3.05, 3.63) is 35.9 Å². The van der Waals surface area contributed by atoms with Crippen molar-refractivity contribution in [3.8, 4) is 6.07 Å². The van der Waals surface area contributed by atoms with Gasteiger partial charge in [0.2, 0.25) is 5.91 Å². The first-order chi connectivity index (χ1) is 15.4. The third-order valence-electron chi connectivity index (χ3n) is 6.84. The summed E-state index contributed by atoms with van der Waals surface area (Å²) in [6, 6.07) is 12.1. The van der Waals surface area contributed by atoms with Crippen molar-refractivity contribution in [2.75, 3.05) is 12.3 Å². The van der Waals surface area contributed by atoms with Crippen molar-refractivity contribution in [1.82, 2.24) is 9.80 Å². The number of nitriles is 1. The van der Waals surface area contributed by atoms with E-state index >= 15 is 0 Å². The normalized spacial score (nSPS) is 22.0. The first-order valence-electron chi connectivity index (χ1n) is 12.2. The molecule has 0 aliphatic carbocycles. The van der Waals surface area contributed by atoms with Crippen LogP contribution in [0.4, 0.5) is 4.39 Å². The van der Waals surface area contributed by atoms with Crippen LogP contribution in [0.1, 0.15) is 67.4 Å². The van der Waals surface area contributed by atoms with E-state index in [1.165, 1.54) is 10.5 Å². The van der Waals surface area contributed by atoms with Gasteiger partial charge in [-0.25, -0.2) is 4.39 Å². The molecule has 2 rings (SSSR count). The maximum Gasteiger partial charge on any atom is 0.245 e. The van der Waals surface area contributed by atoms with E-state index in [9.17, 15) is 14.4 Å². The molecule has 1 saturated heterocycles. The number of nitrogens with zero attached hydrogens (tertiary/aromatic N) is 3. The van der Waals surface area contributed by atoms with Crippen LogP contribution in [-0.2, 0) is 11.2 Å². The number of aryl methyl sites for hydroxylation is 1. The molecule has 0 saturated carbocycles. The summed E-state index contributed by atoms with van der Waals surface area (Å²) in [5.74, 6) is 0.775. The van der Waals surface area contributed by atoms with Crippen LogP contribution in [0.15, 0.2) is 30.3 Å². The van der Waals surface area contributed by atoms with Gasteiger partial charge >= 0.3 is 0 Å². The molecule has 1 aliphatic heterocycles. The summed E-state index contributed by atoms with van der Waals surface area (Å²) in [5.41, 5.74) is -0.0546. The number of carbonyl (C=O) groups is 1. The van der Waals surface area contributed by atoms with E-state index in [0.717, 1.165) is 12.2 Å². The number of likely N-dealkylation sites (tertiary alicyclic amines) is 1. The third-order valence-corrected chi connectivity index (χ3v) is 8.12. The molecule has 0 aromatic heterocycles.